The van der Waals surface area contributed by atoms with Crippen LogP contribution in [0, 0.1) is 0 Å². The van der Waals surface area contributed by atoms with Gasteiger partial charge in [0.15, 0.2) is 0 Å². The fourth-order valence-electron chi connectivity index (χ4n) is 1.68. The van der Waals surface area contributed by atoms with Gasteiger partial charge in [0.25, 0.3) is 5.91 Å². The van der Waals surface area contributed by atoms with E-state index in [4.69, 9.17) is 16.7 Å². The van der Waals surface area contributed by atoms with E-state index in [-0.39, 0.29) is 12.5 Å². The molecule has 0 bridgehead atoms. The molecule has 1 N–H and O–H groups in total. The summed E-state index contributed by atoms with van der Waals surface area (Å²) in [7, 11) is 0. The Morgan fingerprint density at radius 3 is 2.93 bits per heavy atom. The van der Waals surface area contributed by atoms with Crippen molar-refractivity contribution >= 4 is 17.5 Å². The average Bonchev–Trinajstić information content (AvgIpc) is 2.46. The molecule has 14 heavy (non-hydrogen) atoms. The van der Waals surface area contributed by atoms with Crippen molar-refractivity contribution in [3.05, 3.63) is 34.3 Å². The maximum atomic E-state index is 11.7. The van der Waals surface area contributed by atoms with E-state index in [0.29, 0.717) is 23.7 Å². The Morgan fingerprint density at radius 1 is 1.50 bits per heavy atom. The highest BCUT2D eigenvalue weighted by Crippen LogP contribution is 2.28. The van der Waals surface area contributed by atoms with Crippen LogP contribution >= 0.6 is 11.6 Å². The molecule has 0 fully saturated rings. The van der Waals surface area contributed by atoms with Gasteiger partial charge in [0.2, 0.25) is 0 Å². The molecular formula is C10H10ClNO2. The molecule has 0 radical (unpaired) electrons. The third-order valence-electron chi connectivity index (χ3n) is 2.33. The second-order valence-corrected chi connectivity index (χ2v) is 3.63. The molecule has 1 amide bonds. The Morgan fingerprint density at radius 2 is 2.29 bits per heavy atom. The van der Waals surface area contributed by atoms with E-state index in [2.05, 4.69) is 0 Å². The largest absolute Gasteiger partial charge is 0.395 e. The maximum Gasteiger partial charge on any atom is 0.256 e. The summed E-state index contributed by atoms with van der Waals surface area (Å²) >= 11 is 5.92. The highest BCUT2D eigenvalue weighted by molar-refractivity contribution is 6.34. The van der Waals surface area contributed by atoms with Gasteiger partial charge in [0.1, 0.15) is 0 Å². The lowest BCUT2D eigenvalue weighted by molar-refractivity contribution is 0.0746. The summed E-state index contributed by atoms with van der Waals surface area (Å²) in [6, 6.07) is 5.42. The molecule has 0 spiro atoms. The number of carbonyl (C=O) groups is 1. The van der Waals surface area contributed by atoms with Crippen LogP contribution in [0.25, 0.3) is 0 Å². The van der Waals surface area contributed by atoms with Crippen LogP contribution in [0.4, 0.5) is 0 Å². The number of β-amino-alcohol motifs (C(OH)–C–C–N with tert-alkyl or cyclic N) is 1. The Balaban J connectivity index is 2.36. The number of carbonyl (C=O) groups excluding carboxylic acids is 1. The lowest BCUT2D eigenvalue weighted by Gasteiger charge is -2.12. The molecule has 0 aliphatic carbocycles. The minimum atomic E-state index is -0.0837. The maximum absolute atomic E-state index is 11.7. The number of rotatable bonds is 2. The second kappa shape index (κ2) is 3.59. The zero-order valence-corrected chi connectivity index (χ0v) is 8.29. The molecule has 2 rings (SSSR count). The standard InChI is InChI=1S/C10H10ClNO2/c11-8-3-1-2-7-6-12(4-5-13)10(14)9(7)8/h1-3,13H,4-6H2. The topological polar surface area (TPSA) is 40.5 Å². The molecule has 1 heterocycles. The lowest BCUT2D eigenvalue weighted by Crippen LogP contribution is -2.27. The van der Waals surface area contributed by atoms with Gasteiger partial charge in [0.05, 0.1) is 17.2 Å². The van der Waals surface area contributed by atoms with E-state index in [0.717, 1.165) is 5.56 Å². The monoisotopic (exact) mass is 211 g/mol. The fourth-order valence-corrected chi connectivity index (χ4v) is 1.95. The second-order valence-electron chi connectivity index (χ2n) is 3.22. The van der Waals surface area contributed by atoms with E-state index >= 15 is 0 Å². The van der Waals surface area contributed by atoms with Gasteiger partial charge in [-0.2, -0.15) is 0 Å². The van der Waals surface area contributed by atoms with Crippen molar-refractivity contribution in [2.24, 2.45) is 0 Å². The first-order valence-electron chi connectivity index (χ1n) is 4.41. The zero-order valence-electron chi connectivity index (χ0n) is 7.53. The lowest BCUT2D eigenvalue weighted by atomic mass is 10.1. The van der Waals surface area contributed by atoms with E-state index in [1.54, 1.807) is 11.0 Å². The van der Waals surface area contributed by atoms with Crippen molar-refractivity contribution in [1.82, 2.24) is 4.90 Å². The summed E-state index contributed by atoms with van der Waals surface area (Å²) < 4.78 is 0. The van der Waals surface area contributed by atoms with Gasteiger partial charge in [0, 0.05) is 13.1 Å². The number of hydrogen-bond acceptors (Lipinski definition) is 2. The third kappa shape index (κ3) is 1.38. The van der Waals surface area contributed by atoms with E-state index < -0.39 is 0 Å². The quantitative estimate of drug-likeness (QED) is 0.801. The SMILES string of the molecule is O=C1c2c(Cl)cccc2CN1CCO. The van der Waals surface area contributed by atoms with Crippen LogP contribution in [0.1, 0.15) is 15.9 Å². The first-order valence-corrected chi connectivity index (χ1v) is 4.79. The molecule has 0 atom stereocenters. The first kappa shape index (κ1) is 9.49. The van der Waals surface area contributed by atoms with Crippen LogP contribution < -0.4 is 0 Å². The van der Waals surface area contributed by atoms with E-state index in [1.807, 2.05) is 12.1 Å². The molecule has 0 unspecified atom stereocenters. The van der Waals surface area contributed by atoms with Gasteiger partial charge >= 0.3 is 0 Å². The van der Waals surface area contributed by atoms with Crippen LogP contribution in [0.2, 0.25) is 5.02 Å². The Hall–Kier alpha value is -1.06. The number of amides is 1. The number of nitrogens with zero attached hydrogens (tertiary/aromatic N) is 1. The Kier molecular flexibility index (Phi) is 2.44. The normalized spacial score (nSPS) is 14.7. The summed E-state index contributed by atoms with van der Waals surface area (Å²) in [6.45, 7) is 0.899. The van der Waals surface area contributed by atoms with Crippen LogP contribution in [0.3, 0.4) is 0 Å². The van der Waals surface area contributed by atoms with Crippen molar-refractivity contribution in [2.45, 2.75) is 6.54 Å². The number of aliphatic hydroxyl groups excluding tert-OH is 1. The molecule has 1 aliphatic rings. The highest BCUT2D eigenvalue weighted by Gasteiger charge is 2.28. The minimum absolute atomic E-state index is 0.0165. The molecule has 74 valence electrons. The van der Waals surface area contributed by atoms with E-state index in [9.17, 15) is 4.79 Å². The molecule has 3 nitrogen and oxygen atoms in total. The van der Waals surface area contributed by atoms with Crippen LogP contribution in [0.5, 0.6) is 0 Å². The number of aliphatic hydroxyl groups is 1. The van der Waals surface area contributed by atoms with Crippen LogP contribution in [-0.4, -0.2) is 29.1 Å². The number of hydrogen-bond donors (Lipinski definition) is 1. The van der Waals surface area contributed by atoms with Crippen molar-refractivity contribution in [1.29, 1.82) is 0 Å². The molecule has 0 aromatic heterocycles. The molecule has 1 aliphatic heterocycles. The third-order valence-corrected chi connectivity index (χ3v) is 2.65. The summed E-state index contributed by atoms with van der Waals surface area (Å²) in [6.07, 6.45) is 0. The van der Waals surface area contributed by atoms with Gasteiger partial charge in [-0.1, -0.05) is 23.7 Å². The van der Waals surface area contributed by atoms with Gasteiger partial charge < -0.3 is 10.0 Å². The summed E-state index contributed by atoms with van der Waals surface area (Å²) in [5.74, 6) is -0.0837. The van der Waals surface area contributed by atoms with Gasteiger partial charge in [-0.25, -0.2) is 0 Å². The molecule has 4 heteroatoms. The first-order chi connectivity index (χ1) is 6.74. The van der Waals surface area contributed by atoms with Crippen molar-refractivity contribution in [3.63, 3.8) is 0 Å². The predicted octanol–water partition coefficient (Wildman–Crippen LogP) is 1.29. The van der Waals surface area contributed by atoms with Crippen molar-refractivity contribution in [3.8, 4) is 0 Å². The molecule has 1 aromatic carbocycles. The minimum Gasteiger partial charge on any atom is -0.395 e. The number of benzene rings is 1. The molecule has 0 saturated heterocycles. The van der Waals surface area contributed by atoms with Crippen molar-refractivity contribution in [2.75, 3.05) is 13.2 Å². The molecular weight excluding hydrogens is 202 g/mol. The average molecular weight is 212 g/mol. The summed E-state index contributed by atoms with van der Waals surface area (Å²) in [4.78, 5) is 13.3. The van der Waals surface area contributed by atoms with Gasteiger partial charge in [-0.3, -0.25) is 4.79 Å². The molecule has 0 saturated carbocycles. The fraction of sp³-hybridized carbons (Fsp3) is 0.300. The van der Waals surface area contributed by atoms with Crippen molar-refractivity contribution < 1.29 is 9.90 Å². The number of halogens is 1. The van der Waals surface area contributed by atoms with E-state index in [1.165, 1.54) is 0 Å². The number of fused-ring (bicyclic) bond motifs is 1. The van der Waals surface area contributed by atoms with Gasteiger partial charge in [-0.15, -0.1) is 0 Å². The highest BCUT2D eigenvalue weighted by atomic mass is 35.5. The van der Waals surface area contributed by atoms with Crippen LogP contribution in [0.15, 0.2) is 18.2 Å². The smallest absolute Gasteiger partial charge is 0.256 e. The van der Waals surface area contributed by atoms with Crippen LogP contribution in [-0.2, 0) is 6.54 Å². The Bertz CT molecular complexity index is 378. The summed E-state index contributed by atoms with van der Waals surface area (Å²) in [5.41, 5.74) is 1.53. The zero-order chi connectivity index (χ0) is 10.1. The Labute approximate surface area is 86.9 Å². The summed E-state index contributed by atoms with van der Waals surface area (Å²) in [5, 5.41) is 9.26. The predicted molar refractivity (Wildman–Crippen MR) is 53.3 cm³/mol. The molecule has 1 aromatic rings. The van der Waals surface area contributed by atoms with Gasteiger partial charge in [-0.05, 0) is 11.6 Å².